The highest BCUT2D eigenvalue weighted by atomic mass is 19.1. The van der Waals surface area contributed by atoms with E-state index in [1.165, 1.54) is 30.5 Å². The Morgan fingerprint density at radius 1 is 1.25 bits per heavy atom. The average molecular weight is 331 g/mol. The van der Waals surface area contributed by atoms with Crippen molar-refractivity contribution in [2.45, 2.75) is 25.8 Å². The fourth-order valence-electron chi connectivity index (χ4n) is 2.76. The lowest BCUT2D eigenvalue weighted by atomic mass is 10.0. The number of benzene rings is 1. The van der Waals surface area contributed by atoms with Gasteiger partial charge in [0, 0.05) is 24.7 Å². The molecule has 1 aliphatic rings. The van der Waals surface area contributed by atoms with Gasteiger partial charge in [-0.1, -0.05) is 5.16 Å². The molecule has 2 amide bonds. The standard InChI is InChI=1S/C17H18FN3O3/c1-11-15(10-24-20-11)17(23)21-8-6-14(7-9-21)19-16(22)12-2-4-13(18)5-3-12/h2-5,10,14H,6-9H2,1H3,(H,19,22). The minimum absolute atomic E-state index is 0.00447. The van der Waals surface area contributed by atoms with Crippen molar-refractivity contribution in [3.8, 4) is 0 Å². The van der Waals surface area contributed by atoms with Crippen LogP contribution in [0.15, 0.2) is 35.1 Å². The van der Waals surface area contributed by atoms with E-state index >= 15 is 0 Å². The van der Waals surface area contributed by atoms with E-state index in [1.807, 2.05) is 0 Å². The molecule has 0 aliphatic carbocycles. The SMILES string of the molecule is Cc1nocc1C(=O)N1CCC(NC(=O)c2ccc(F)cc2)CC1. The smallest absolute Gasteiger partial charge is 0.259 e. The Morgan fingerprint density at radius 3 is 2.50 bits per heavy atom. The zero-order chi connectivity index (χ0) is 17.1. The Hall–Kier alpha value is -2.70. The summed E-state index contributed by atoms with van der Waals surface area (Å²) in [5, 5.41) is 6.65. The van der Waals surface area contributed by atoms with Crippen molar-refractivity contribution in [2.24, 2.45) is 0 Å². The molecule has 6 nitrogen and oxygen atoms in total. The molecule has 1 aromatic heterocycles. The molecule has 0 bridgehead atoms. The molecule has 1 aliphatic heterocycles. The molecule has 2 heterocycles. The minimum atomic E-state index is -0.373. The number of hydrogen-bond acceptors (Lipinski definition) is 4. The fourth-order valence-corrected chi connectivity index (χ4v) is 2.76. The molecule has 1 aromatic carbocycles. The molecular formula is C17H18FN3O3. The van der Waals surface area contributed by atoms with Gasteiger partial charge >= 0.3 is 0 Å². The van der Waals surface area contributed by atoms with Crippen molar-refractivity contribution in [1.82, 2.24) is 15.4 Å². The number of nitrogens with one attached hydrogen (secondary N) is 1. The maximum atomic E-state index is 12.9. The molecule has 0 spiro atoms. The van der Waals surface area contributed by atoms with Crippen molar-refractivity contribution in [3.63, 3.8) is 0 Å². The highest BCUT2D eigenvalue weighted by Crippen LogP contribution is 2.16. The molecule has 0 unspecified atom stereocenters. The lowest BCUT2D eigenvalue weighted by Gasteiger charge is -2.32. The van der Waals surface area contributed by atoms with E-state index < -0.39 is 0 Å². The van der Waals surface area contributed by atoms with Crippen molar-refractivity contribution in [2.75, 3.05) is 13.1 Å². The first-order valence-electron chi connectivity index (χ1n) is 7.81. The number of carbonyl (C=O) groups is 2. The van der Waals surface area contributed by atoms with Crippen molar-refractivity contribution in [1.29, 1.82) is 0 Å². The van der Waals surface area contributed by atoms with Crippen LogP contribution in [0.2, 0.25) is 0 Å². The summed E-state index contributed by atoms with van der Waals surface area (Å²) in [6.07, 6.45) is 2.70. The topological polar surface area (TPSA) is 75.4 Å². The number of carbonyl (C=O) groups excluding carboxylic acids is 2. The van der Waals surface area contributed by atoms with Gasteiger partial charge in [-0.2, -0.15) is 0 Å². The quantitative estimate of drug-likeness (QED) is 0.935. The van der Waals surface area contributed by atoms with Crippen LogP contribution in [0.3, 0.4) is 0 Å². The molecule has 1 saturated heterocycles. The maximum absolute atomic E-state index is 12.9. The molecule has 2 aromatic rings. The van der Waals surface area contributed by atoms with E-state index in [0.29, 0.717) is 42.8 Å². The Morgan fingerprint density at radius 2 is 1.92 bits per heavy atom. The van der Waals surface area contributed by atoms with Gasteiger partial charge in [-0.3, -0.25) is 9.59 Å². The molecule has 7 heteroatoms. The van der Waals surface area contributed by atoms with Gasteiger partial charge in [0.05, 0.1) is 5.69 Å². The minimum Gasteiger partial charge on any atom is -0.364 e. The molecule has 1 fully saturated rings. The highest BCUT2D eigenvalue weighted by molar-refractivity contribution is 5.95. The normalized spacial score (nSPS) is 15.3. The maximum Gasteiger partial charge on any atom is 0.259 e. The monoisotopic (exact) mass is 331 g/mol. The van der Waals surface area contributed by atoms with Crippen LogP contribution in [0.1, 0.15) is 39.3 Å². The van der Waals surface area contributed by atoms with Crippen LogP contribution in [-0.2, 0) is 0 Å². The predicted octanol–water partition coefficient (Wildman–Crippen LogP) is 2.16. The van der Waals surface area contributed by atoms with Gasteiger partial charge in [0.15, 0.2) is 0 Å². The number of amides is 2. The summed E-state index contributed by atoms with van der Waals surface area (Å²) < 4.78 is 17.7. The Balaban J connectivity index is 1.53. The van der Waals surface area contributed by atoms with Crippen molar-refractivity contribution in [3.05, 3.63) is 53.2 Å². The number of halogens is 1. The van der Waals surface area contributed by atoms with Gasteiger partial charge in [-0.05, 0) is 44.0 Å². The Kier molecular flexibility index (Phi) is 4.59. The molecule has 0 atom stereocenters. The first-order valence-corrected chi connectivity index (χ1v) is 7.81. The number of hydrogen-bond donors (Lipinski definition) is 1. The van der Waals surface area contributed by atoms with Crippen LogP contribution in [0.5, 0.6) is 0 Å². The molecule has 0 saturated carbocycles. The molecule has 0 radical (unpaired) electrons. The second-order valence-electron chi connectivity index (χ2n) is 5.86. The van der Waals surface area contributed by atoms with Gasteiger partial charge in [0.25, 0.3) is 11.8 Å². The second kappa shape index (κ2) is 6.82. The lowest BCUT2D eigenvalue weighted by Crippen LogP contribution is -2.46. The summed E-state index contributed by atoms with van der Waals surface area (Å²) in [6, 6.07) is 5.43. The van der Waals surface area contributed by atoms with Gasteiger partial charge in [-0.25, -0.2) is 4.39 Å². The average Bonchev–Trinajstić information content (AvgIpc) is 3.01. The molecule has 126 valence electrons. The largest absolute Gasteiger partial charge is 0.364 e. The lowest BCUT2D eigenvalue weighted by molar-refractivity contribution is 0.0697. The highest BCUT2D eigenvalue weighted by Gasteiger charge is 2.26. The Bertz CT molecular complexity index is 734. The third kappa shape index (κ3) is 3.45. The first-order chi connectivity index (χ1) is 11.5. The fraction of sp³-hybridized carbons (Fsp3) is 0.353. The third-order valence-corrected chi connectivity index (χ3v) is 4.20. The van der Waals surface area contributed by atoms with Gasteiger partial charge < -0.3 is 14.7 Å². The van der Waals surface area contributed by atoms with Crippen LogP contribution in [0.25, 0.3) is 0 Å². The van der Waals surface area contributed by atoms with Crippen LogP contribution in [0.4, 0.5) is 4.39 Å². The Labute approximate surface area is 138 Å². The van der Waals surface area contributed by atoms with E-state index in [0.717, 1.165) is 0 Å². The summed E-state index contributed by atoms with van der Waals surface area (Å²) in [6.45, 7) is 2.84. The molecule has 1 N–H and O–H groups in total. The molecule has 24 heavy (non-hydrogen) atoms. The summed E-state index contributed by atoms with van der Waals surface area (Å²) in [7, 11) is 0. The predicted molar refractivity (Wildman–Crippen MR) is 84.0 cm³/mol. The summed E-state index contributed by atoms with van der Waals surface area (Å²) in [5.41, 5.74) is 1.48. The van der Waals surface area contributed by atoms with Gasteiger partial charge in [0.2, 0.25) is 0 Å². The summed E-state index contributed by atoms with van der Waals surface area (Å²) >= 11 is 0. The van der Waals surface area contributed by atoms with E-state index in [-0.39, 0.29) is 23.7 Å². The number of likely N-dealkylation sites (tertiary alicyclic amines) is 1. The number of aryl methyl sites for hydroxylation is 1. The van der Waals surface area contributed by atoms with Crippen molar-refractivity contribution >= 4 is 11.8 Å². The third-order valence-electron chi connectivity index (χ3n) is 4.20. The van der Waals surface area contributed by atoms with Crippen LogP contribution in [-0.4, -0.2) is 41.0 Å². The first kappa shape index (κ1) is 16.2. The number of piperidine rings is 1. The van der Waals surface area contributed by atoms with E-state index in [1.54, 1.807) is 11.8 Å². The van der Waals surface area contributed by atoms with Crippen LogP contribution >= 0.6 is 0 Å². The number of aromatic nitrogens is 1. The van der Waals surface area contributed by atoms with E-state index in [2.05, 4.69) is 10.5 Å². The number of nitrogens with zero attached hydrogens (tertiary/aromatic N) is 2. The van der Waals surface area contributed by atoms with Crippen LogP contribution < -0.4 is 5.32 Å². The van der Waals surface area contributed by atoms with Gasteiger partial charge in [-0.15, -0.1) is 0 Å². The summed E-state index contributed by atoms with van der Waals surface area (Å²) in [4.78, 5) is 26.2. The zero-order valence-corrected chi connectivity index (χ0v) is 13.3. The molecule has 3 rings (SSSR count). The molecular weight excluding hydrogens is 313 g/mol. The summed E-state index contributed by atoms with van der Waals surface area (Å²) in [5.74, 6) is -0.700. The zero-order valence-electron chi connectivity index (χ0n) is 13.3. The number of rotatable bonds is 3. The van der Waals surface area contributed by atoms with Crippen molar-refractivity contribution < 1.29 is 18.5 Å². The second-order valence-corrected chi connectivity index (χ2v) is 5.86. The van der Waals surface area contributed by atoms with Gasteiger partial charge in [0.1, 0.15) is 17.6 Å². The van der Waals surface area contributed by atoms with E-state index in [4.69, 9.17) is 4.52 Å². The van der Waals surface area contributed by atoms with Crippen LogP contribution in [0, 0.1) is 12.7 Å². The van der Waals surface area contributed by atoms with E-state index in [9.17, 15) is 14.0 Å².